The number of benzene rings is 1. The van der Waals surface area contributed by atoms with Gasteiger partial charge in [-0.15, -0.1) is 11.8 Å². The monoisotopic (exact) mass is 192 g/mol. The molecule has 0 saturated carbocycles. The van der Waals surface area contributed by atoms with Crippen LogP contribution in [0.1, 0.15) is 20.3 Å². The van der Waals surface area contributed by atoms with Crippen molar-refractivity contribution in [2.45, 2.75) is 25.2 Å². The fourth-order valence-electron chi connectivity index (χ4n) is 1.04. The minimum atomic E-state index is 1.17. The standard InChI is InChI=1S/C12H16S/c1-11(2)7-6-10-13-12-8-4-3-5-9-12/h3-5,7-9H,6,10H2,1-2H3. The average Bonchev–Trinajstić information content (AvgIpc) is 2.14. The first kappa shape index (κ1) is 10.4. The molecule has 0 heterocycles. The van der Waals surface area contributed by atoms with Crippen LogP contribution >= 0.6 is 11.8 Å². The summed E-state index contributed by atoms with van der Waals surface area (Å²) in [7, 11) is 0. The van der Waals surface area contributed by atoms with Gasteiger partial charge in [0.15, 0.2) is 0 Å². The van der Waals surface area contributed by atoms with Gasteiger partial charge in [0.2, 0.25) is 0 Å². The average molecular weight is 192 g/mol. The van der Waals surface area contributed by atoms with E-state index in [9.17, 15) is 0 Å². The molecule has 0 unspecified atom stereocenters. The van der Waals surface area contributed by atoms with Crippen molar-refractivity contribution in [1.29, 1.82) is 0 Å². The zero-order chi connectivity index (χ0) is 9.52. The molecule has 0 bridgehead atoms. The lowest BCUT2D eigenvalue weighted by Gasteiger charge is -1.98. The highest BCUT2D eigenvalue weighted by Gasteiger charge is 1.89. The Bertz CT molecular complexity index is 258. The van der Waals surface area contributed by atoms with E-state index in [0.29, 0.717) is 0 Å². The maximum absolute atomic E-state index is 2.29. The summed E-state index contributed by atoms with van der Waals surface area (Å²) >= 11 is 1.92. The molecule has 1 rings (SSSR count). The quantitative estimate of drug-likeness (QED) is 0.392. The van der Waals surface area contributed by atoms with Crippen LogP contribution in [0.4, 0.5) is 0 Å². The molecule has 70 valence electrons. The number of rotatable bonds is 4. The highest BCUT2D eigenvalue weighted by atomic mass is 32.2. The van der Waals surface area contributed by atoms with E-state index in [1.54, 1.807) is 0 Å². The summed E-state index contributed by atoms with van der Waals surface area (Å²) in [5, 5.41) is 0. The van der Waals surface area contributed by atoms with E-state index in [1.165, 1.54) is 22.6 Å². The molecule has 13 heavy (non-hydrogen) atoms. The molecule has 1 aromatic carbocycles. The lowest BCUT2D eigenvalue weighted by Crippen LogP contribution is -1.77. The number of hydrogen-bond donors (Lipinski definition) is 0. The van der Waals surface area contributed by atoms with Gasteiger partial charge < -0.3 is 0 Å². The molecule has 0 fully saturated rings. The second kappa shape index (κ2) is 5.87. The van der Waals surface area contributed by atoms with Crippen molar-refractivity contribution in [2.24, 2.45) is 0 Å². The molecule has 0 saturated heterocycles. The van der Waals surface area contributed by atoms with Gasteiger partial charge in [0.1, 0.15) is 0 Å². The maximum Gasteiger partial charge on any atom is 0.00720 e. The predicted molar refractivity (Wildman–Crippen MR) is 61.2 cm³/mol. The highest BCUT2D eigenvalue weighted by Crippen LogP contribution is 2.17. The molecule has 0 aliphatic carbocycles. The van der Waals surface area contributed by atoms with Crippen molar-refractivity contribution in [3.8, 4) is 0 Å². The van der Waals surface area contributed by atoms with Gasteiger partial charge in [0.25, 0.3) is 0 Å². The molecule has 1 aromatic rings. The zero-order valence-corrected chi connectivity index (χ0v) is 9.10. The third-order valence-electron chi connectivity index (χ3n) is 1.68. The first-order valence-electron chi connectivity index (χ1n) is 4.60. The third kappa shape index (κ3) is 4.79. The van der Waals surface area contributed by atoms with Crippen LogP contribution in [0.15, 0.2) is 46.9 Å². The van der Waals surface area contributed by atoms with Gasteiger partial charge in [0, 0.05) is 10.6 Å². The van der Waals surface area contributed by atoms with E-state index in [-0.39, 0.29) is 0 Å². The SMILES string of the molecule is CC(C)=CCCSc1ccccc1. The minimum Gasteiger partial charge on any atom is -0.126 e. The Morgan fingerprint density at radius 2 is 1.92 bits per heavy atom. The molecule has 0 aliphatic rings. The minimum absolute atomic E-state index is 1.17. The summed E-state index contributed by atoms with van der Waals surface area (Å²) in [6, 6.07) is 10.5. The van der Waals surface area contributed by atoms with Crippen LogP contribution in [0.25, 0.3) is 0 Å². The van der Waals surface area contributed by atoms with Crippen molar-refractivity contribution >= 4 is 11.8 Å². The topological polar surface area (TPSA) is 0 Å². The number of thioether (sulfide) groups is 1. The van der Waals surface area contributed by atoms with Gasteiger partial charge in [-0.05, 0) is 32.4 Å². The molecule has 0 amide bonds. The Hall–Kier alpha value is -0.690. The second-order valence-electron chi connectivity index (χ2n) is 3.23. The van der Waals surface area contributed by atoms with Crippen LogP contribution < -0.4 is 0 Å². The van der Waals surface area contributed by atoms with Gasteiger partial charge >= 0.3 is 0 Å². The van der Waals surface area contributed by atoms with Crippen LogP contribution in [-0.4, -0.2) is 5.75 Å². The van der Waals surface area contributed by atoms with Crippen molar-refractivity contribution in [1.82, 2.24) is 0 Å². The molecule has 0 aromatic heterocycles. The number of hydrogen-bond acceptors (Lipinski definition) is 1. The Morgan fingerprint density at radius 1 is 1.23 bits per heavy atom. The molecule has 0 aliphatic heterocycles. The van der Waals surface area contributed by atoms with Crippen molar-refractivity contribution in [3.63, 3.8) is 0 Å². The Kier molecular flexibility index (Phi) is 4.69. The second-order valence-corrected chi connectivity index (χ2v) is 4.40. The molecule has 0 nitrogen and oxygen atoms in total. The van der Waals surface area contributed by atoms with Crippen LogP contribution in [0.3, 0.4) is 0 Å². The van der Waals surface area contributed by atoms with Gasteiger partial charge in [-0.1, -0.05) is 29.8 Å². The van der Waals surface area contributed by atoms with E-state index in [0.717, 1.165) is 0 Å². The normalized spacial score (nSPS) is 9.69. The summed E-state index contributed by atoms with van der Waals surface area (Å²) in [4.78, 5) is 1.37. The molecular formula is C12H16S. The lowest BCUT2D eigenvalue weighted by atomic mass is 10.3. The smallest absolute Gasteiger partial charge is 0.00720 e. The third-order valence-corrected chi connectivity index (χ3v) is 2.73. The molecular weight excluding hydrogens is 176 g/mol. The first-order chi connectivity index (χ1) is 6.29. The summed E-state index contributed by atoms with van der Waals surface area (Å²) in [5.74, 6) is 1.18. The summed E-state index contributed by atoms with van der Waals surface area (Å²) in [6.07, 6.45) is 3.46. The van der Waals surface area contributed by atoms with Crippen LogP contribution in [0.5, 0.6) is 0 Å². The van der Waals surface area contributed by atoms with Crippen molar-refractivity contribution < 1.29 is 0 Å². The van der Waals surface area contributed by atoms with Gasteiger partial charge in [-0.2, -0.15) is 0 Å². The van der Waals surface area contributed by atoms with E-state index < -0.39 is 0 Å². The summed E-state index contributed by atoms with van der Waals surface area (Å²) in [5.41, 5.74) is 1.41. The largest absolute Gasteiger partial charge is 0.126 e. The van der Waals surface area contributed by atoms with Crippen LogP contribution in [0.2, 0.25) is 0 Å². The zero-order valence-electron chi connectivity index (χ0n) is 8.29. The molecule has 0 atom stereocenters. The summed E-state index contributed by atoms with van der Waals surface area (Å²) < 4.78 is 0. The number of allylic oxidation sites excluding steroid dienone is 2. The van der Waals surface area contributed by atoms with Crippen molar-refractivity contribution in [2.75, 3.05) is 5.75 Å². The molecule has 0 N–H and O–H groups in total. The van der Waals surface area contributed by atoms with Crippen LogP contribution in [-0.2, 0) is 0 Å². The van der Waals surface area contributed by atoms with Crippen LogP contribution in [0, 0.1) is 0 Å². The molecule has 1 heteroatoms. The van der Waals surface area contributed by atoms with E-state index in [2.05, 4.69) is 50.3 Å². The lowest BCUT2D eigenvalue weighted by molar-refractivity contribution is 1.19. The maximum atomic E-state index is 2.29. The molecule has 0 radical (unpaired) electrons. The van der Waals surface area contributed by atoms with E-state index in [1.807, 2.05) is 11.8 Å². The Morgan fingerprint density at radius 3 is 2.54 bits per heavy atom. The first-order valence-corrected chi connectivity index (χ1v) is 5.59. The Labute approximate surface area is 85.1 Å². The fraction of sp³-hybridized carbons (Fsp3) is 0.333. The van der Waals surface area contributed by atoms with Gasteiger partial charge in [-0.3, -0.25) is 0 Å². The van der Waals surface area contributed by atoms with E-state index in [4.69, 9.17) is 0 Å². The summed E-state index contributed by atoms with van der Waals surface area (Å²) in [6.45, 7) is 4.29. The van der Waals surface area contributed by atoms with E-state index >= 15 is 0 Å². The highest BCUT2D eigenvalue weighted by molar-refractivity contribution is 7.99. The fourth-order valence-corrected chi connectivity index (χ4v) is 1.86. The predicted octanol–water partition coefficient (Wildman–Crippen LogP) is 4.14. The Balaban J connectivity index is 2.25. The van der Waals surface area contributed by atoms with Gasteiger partial charge in [-0.25, -0.2) is 0 Å². The van der Waals surface area contributed by atoms with Crippen molar-refractivity contribution in [3.05, 3.63) is 42.0 Å². The molecule has 0 spiro atoms. The van der Waals surface area contributed by atoms with Gasteiger partial charge in [0.05, 0.1) is 0 Å².